The van der Waals surface area contributed by atoms with Gasteiger partial charge in [-0.15, -0.1) is 0 Å². The monoisotopic (exact) mass is 254 g/mol. The Morgan fingerprint density at radius 2 is 2.39 bits per heavy atom. The van der Waals surface area contributed by atoms with Crippen LogP contribution in [0.1, 0.15) is 18.7 Å². The fraction of sp³-hybridized carbons (Fsp3) is 0.667. The minimum atomic E-state index is 0.0786. The van der Waals surface area contributed by atoms with Crippen LogP contribution in [0.2, 0.25) is 0 Å². The van der Waals surface area contributed by atoms with E-state index in [-0.39, 0.29) is 5.91 Å². The van der Waals surface area contributed by atoms with E-state index in [4.69, 9.17) is 4.74 Å². The first kappa shape index (κ1) is 14.7. The lowest BCUT2D eigenvalue weighted by Gasteiger charge is -2.08. The van der Waals surface area contributed by atoms with Gasteiger partial charge >= 0.3 is 0 Å². The van der Waals surface area contributed by atoms with Crippen LogP contribution in [0.3, 0.4) is 0 Å². The fourth-order valence-electron chi connectivity index (χ4n) is 1.62. The molecule has 6 nitrogen and oxygen atoms in total. The molecule has 1 aromatic rings. The highest BCUT2D eigenvalue weighted by Gasteiger charge is 2.03. The van der Waals surface area contributed by atoms with E-state index in [1.54, 1.807) is 20.4 Å². The highest BCUT2D eigenvalue weighted by Crippen LogP contribution is 2.01. The third-order valence-electron chi connectivity index (χ3n) is 2.65. The van der Waals surface area contributed by atoms with E-state index in [0.29, 0.717) is 13.0 Å². The summed E-state index contributed by atoms with van der Waals surface area (Å²) in [5.74, 6) is 1.07. The minimum absolute atomic E-state index is 0.0786. The van der Waals surface area contributed by atoms with Crippen LogP contribution in [0, 0.1) is 0 Å². The average molecular weight is 254 g/mol. The van der Waals surface area contributed by atoms with E-state index in [1.807, 2.05) is 6.20 Å². The maximum atomic E-state index is 11.1. The molecule has 0 saturated carbocycles. The molecule has 0 aliphatic carbocycles. The van der Waals surface area contributed by atoms with Crippen molar-refractivity contribution in [2.45, 2.75) is 25.9 Å². The number of nitrogens with one attached hydrogen (secondary N) is 2. The van der Waals surface area contributed by atoms with Crippen LogP contribution in [0.5, 0.6) is 0 Å². The maximum Gasteiger partial charge on any atom is 0.219 e. The van der Waals surface area contributed by atoms with Crippen LogP contribution >= 0.6 is 0 Å². The first-order chi connectivity index (χ1) is 8.77. The lowest BCUT2D eigenvalue weighted by Crippen LogP contribution is -2.21. The van der Waals surface area contributed by atoms with Gasteiger partial charge in [0.15, 0.2) is 0 Å². The molecule has 1 amide bonds. The van der Waals surface area contributed by atoms with Crippen molar-refractivity contribution in [1.29, 1.82) is 0 Å². The van der Waals surface area contributed by atoms with Gasteiger partial charge in [-0.05, 0) is 6.42 Å². The summed E-state index contributed by atoms with van der Waals surface area (Å²) in [6.45, 7) is 3.03. The SMILES string of the molecule is CNC(=O)CCCn1ccnc1CNCCOC. The van der Waals surface area contributed by atoms with Crippen molar-refractivity contribution in [3.05, 3.63) is 18.2 Å². The Labute approximate surface area is 108 Å². The summed E-state index contributed by atoms with van der Waals surface area (Å²) < 4.78 is 7.03. The van der Waals surface area contributed by atoms with Crippen molar-refractivity contribution in [2.24, 2.45) is 0 Å². The van der Waals surface area contributed by atoms with Gasteiger partial charge in [-0.2, -0.15) is 0 Å². The van der Waals surface area contributed by atoms with Gasteiger partial charge in [0, 0.05) is 46.1 Å². The summed E-state index contributed by atoms with van der Waals surface area (Å²) in [5.41, 5.74) is 0. The Morgan fingerprint density at radius 1 is 1.56 bits per heavy atom. The zero-order chi connectivity index (χ0) is 13.2. The van der Waals surface area contributed by atoms with Crippen molar-refractivity contribution in [3.8, 4) is 0 Å². The van der Waals surface area contributed by atoms with Gasteiger partial charge in [0.2, 0.25) is 5.91 Å². The Kier molecular flexibility index (Phi) is 7.05. The molecular formula is C12H22N4O2. The number of hydrogen-bond acceptors (Lipinski definition) is 4. The standard InChI is InChI=1S/C12H22N4O2/c1-13-12(17)4-3-7-16-8-5-15-11(16)10-14-6-9-18-2/h5,8,14H,3-4,6-7,9-10H2,1-2H3,(H,13,17). The zero-order valence-electron chi connectivity index (χ0n) is 11.1. The lowest BCUT2D eigenvalue weighted by molar-refractivity contribution is -0.120. The first-order valence-electron chi connectivity index (χ1n) is 6.18. The molecule has 0 fully saturated rings. The number of methoxy groups -OCH3 is 1. The Bertz CT molecular complexity index is 352. The summed E-state index contributed by atoms with van der Waals surface area (Å²) >= 11 is 0. The molecule has 0 spiro atoms. The molecule has 1 rings (SSSR count). The number of aryl methyl sites for hydroxylation is 1. The van der Waals surface area contributed by atoms with Crippen molar-refractivity contribution in [1.82, 2.24) is 20.2 Å². The summed E-state index contributed by atoms with van der Waals surface area (Å²) in [6.07, 6.45) is 5.09. The van der Waals surface area contributed by atoms with Crippen molar-refractivity contribution >= 4 is 5.91 Å². The van der Waals surface area contributed by atoms with Gasteiger partial charge in [0.1, 0.15) is 5.82 Å². The van der Waals surface area contributed by atoms with E-state index < -0.39 is 0 Å². The van der Waals surface area contributed by atoms with E-state index >= 15 is 0 Å². The predicted molar refractivity (Wildman–Crippen MR) is 69.1 cm³/mol. The molecule has 1 aromatic heterocycles. The van der Waals surface area contributed by atoms with Gasteiger partial charge < -0.3 is 19.9 Å². The summed E-state index contributed by atoms with van der Waals surface area (Å²) in [6, 6.07) is 0. The van der Waals surface area contributed by atoms with Crippen molar-refractivity contribution in [2.75, 3.05) is 27.3 Å². The third-order valence-corrected chi connectivity index (χ3v) is 2.65. The van der Waals surface area contributed by atoms with Crippen LogP contribution in [0.4, 0.5) is 0 Å². The molecule has 0 saturated heterocycles. The maximum absolute atomic E-state index is 11.1. The molecule has 0 aliphatic rings. The van der Waals surface area contributed by atoms with Gasteiger partial charge in [-0.1, -0.05) is 0 Å². The van der Waals surface area contributed by atoms with Crippen molar-refractivity contribution in [3.63, 3.8) is 0 Å². The van der Waals surface area contributed by atoms with Gasteiger partial charge in [-0.3, -0.25) is 4.79 Å². The molecule has 18 heavy (non-hydrogen) atoms. The molecule has 1 heterocycles. The van der Waals surface area contributed by atoms with Gasteiger partial charge in [0.05, 0.1) is 13.2 Å². The topological polar surface area (TPSA) is 68.2 Å². The summed E-state index contributed by atoms with van der Waals surface area (Å²) in [4.78, 5) is 15.4. The second kappa shape index (κ2) is 8.66. The lowest BCUT2D eigenvalue weighted by atomic mass is 10.3. The molecular weight excluding hydrogens is 232 g/mol. The molecule has 0 aromatic carbocycles. The number of hydrogen-bond donors (Lipinski definition) is 2. The number of carbonyl (C=O) groups excluding carboxylic acids is 1. The molecule has 6 heteroatoms. The Hall–Kier alpha value is -1.40. The highest BCUT2D eigenvalue weighted by atomic mass is 16.5. The second-order valence-corrected chi connectivity index (χ2v) is 3.98. The van der Waals surface area contributed by atoms with Crippen LogP contribution in [0.25, 0.3) is 0 Å². The van der Waals surface area contributed by atoms with E-state index in [2.05, 4.69) is 20.2 Å². The second-order valence-electron chi connectivity index (χ2n) is 3.98. The van der Waals surface area contributed by atoms with E-state index in [0.717, 1.165) is 31.9 Å². The highest BCUT2D eigenvalue weighted by molar-refractivity contribution is 5.75. The minimum Gasteiger partial charge on any atom is -0.383 e. The Morgan fingerprint density at radius 3 is 3.11 bits per heavy atom. The number of carbonyl (C=O) groups is 1. The van der Waals surface area contributed by atoms with E-state index in [1.165, 1.54) is 0 Å². The van der Waals surface area contributed by atoms with Crippen LogP contribution < -0.4 is 10.6 Å². The quantitative estimate of drug-likeness (QED) is 0.615. The average Bonchev–Trinajstić information content (AvgIpc) is 2.82. The number of amides is 1. The summed E-state index contributed by atoms with van der Waals surface area (Å²) in [7, 11) is 3.34. The number of ether oxygens (including phenoxy) is 1. The van der Waals surface area contributed by atoms with Crippen LogP contribution in [0.15, 0.2) is 12.4 Å². The predicted octanol–water partition coefficient (Wildman–Crippen LogP) is 0.145. The van der Waals surface area contributed by atoms with Crippen molar-refractivity contribution < 1.29 is 9.53 Å². The van der Waals surface area contributed by atoms with Crippen LogP contribution in [-0.4, -0.2) is 42.8 Å². The number of nitrogens with zero attached hydrogens (tertiary/aromatic N) is 2. The largest absolute Gasteiger partial charge is 0.383 e. The van der Waals surface area contributed by atoms with E-state index in [9.17, 15) is 4.79 Å². The third kappa shape index (κ3) is 5.29. The summed E-state index contributed by atoms with van der Waals surface area (Å²) in [5, 5.41) is 5.87. The smallest absolute Gasteiger partial charge is 0.219 e. The number of imidazole rings is 1. The molecule has 0 aliphatic heterocycles. The molecule has 0 bridgehead atoms. The normalized spacial score (nSPS) is 10.6. The number of aromatic nitrogens is 2. The zero-order valence-corrected chi connectivity index (χ0v) is 11.1. The Balaban J connectivity index is 2.28. The van der Waals surface area contributed by atoms with Gasteiger partial charge in [0.25, 0.3) is 0 Å². The fourth-order valence-corrected chi connectivity index (χ4v) is 1.62. The molecule has 0 radical (unpaired) electrons. The molecule has 102 valence electrons. The molecule has 2 N–H and O–H groups in total. The number of rotatable bonds is 9. The first-order valence-corrected chi connectivity index (χ1v) is 6.18. The molecule has 0 atom stereocenters. The van der Waals surface area contributed by atoms with Crippen LogP contribution in [-0.2, 0) is 22.6 Å². The molecule has 0 unspecified atom stereocenters. The van der Waals surface area contributed by atoms with Gasteiger partial charge in [-0.25, -0.2) is 4.98 Å².